The predicted octanol–water partition coefficient (Wildman–Crippen LogP) is 4.85. The SMILES string of the molecule is COc1ccccc1-c1cnc(NC(Cc2ccccc2)C(=O)O)c(Cc2ccccc2)n1. The molecule has 33 heavy (non-hydrogen) atoms. The number of anilines is 1. The number of hydrogen-bond acceptors (Lipinski definition) is 5. The second kappa shape index (κ2) is 10.4. The van der Waals surface area contributed by atoms with Crippen molar-refractivity contribution in [1.82, 2.24) is 9.97 Å². The number of aliphatic carboxylic acids is 1. The number of para-hydroxylation sites is 1. The molecule has 1 atom stereocenters. The van der Waals surface area contributed by atoms with Crippen LogP contribution in [0.25, 0.3) is 11.3 Å². The van der Waals surface area contributed by atoms with Crippen LogP contribution < -0.4 is 10.1 Å². The number of nitrogens with one attached hydrogen (secondary N) is 1. The van der Waals surface area contributed by atoms with E-state index in [1.807, 2.05) is 84.9 Å². The number of nitrogens with zero attached hydrogens (tertiary/aromatic N) is 2. The van der Waals surface area contributed by atoms with Crippen molar-refractivity contribution in [2.24, 2.45) is 0 Å². The first-order chi connectivity index (χ1) is 16.1. The lowest BCUT2D eigenvalue weighted by Gasteiger charge is -2.18. The Kier molecular flexibility index (Phi) is 6.95. The zero-order valence-electron chi connectivity index (χ0n) is 18.3. The first kappa shape index (κ1) is 22.0. The zero-order valence-corrected chi connectivity index (χ0v) is 18.3. The number of methoxy groups -OCH3 is 1. The summed E-state index contributed by atoms with van der Waals surface area (Å²) in [5.74, 6) is 0.214. The minimum absolute atomic E-state index is 0.330. The lowest BCUT2D eigenvalue weighted by atomic mass is 10.0. The highest BCUT2D eigenvalue weighted by Gasteiger charge is 2.21. The van der Waals surface area contributed by atoms with E-state index in [1.54, 1.807) is 13.3 Å². The van der Waals surface area contributed by atoms with E-state index in [0.29, 0.717) is 35.8 Å². The Morgan fingerprint density at radius 3 is 2.24 bits per heavy atom. The van der Waals surface area contributed by atoms with E-state index in [2.05, 4.69) is 10.3 Å². The van der Waals surface area contributed by atoms with E-state index in [1.165, 1.54) is 0 Å². The maximum Gasteiger partial charge on any atom is 0.326 e. The van der Waals surface area contributed by atoms with E-state index in [9.17, 15) is 9.90 Å². The molecular weight excluding hydrogens is 414 g/mol. The van der Waals surface area contributed by atoms with Crippen molar-refractivity contribution >= 4 is 11.8 Å². The zero-order chi connectivity index (χ0) is 23.0. The van der Waals surface area contributed by atoms with Gasteiger partial charge in [0.2, 0.25) is 0 Å². The number of benzene rings is 3. The van der Waals surface area contributed by atoms with Crippen molar-refractivity contribution < 1.29 is 14.6 Å². The molecule has 1 aromatic heterocycles. The molecule has 6 heteroatoms. The van der Waals surface area contributed by atoms with Gasteiger partial charge in [-0.25, -0.2) is 14.8 Å². The smallest absolute Gasteiger partial charge is 0.326 e. The predicted molar refractivity (Wildman–Crippen MR) is 128 cm³/mol. The third-order valence-corrected chi connectivity index (χ3v) is 5.33. The number of carboxylic acid groups (broad SMARTS) is 1. The summed E-state index contributed by atoms with van der Waals surface area (Å²) in [7, 11) is 1.62. The molecule has 0 saturated carbocycles. The average molecular weight is 440 g/mol. The van der Waals surface area contributed by atoms with E-state index in [-0.39, 0.29) is 0 Å². The number of carboxylic acids is 1. The van der Waals surface area contributed by atoms with Gasteiger partial charge in [0.15, 0.2) is 0 Å². The van der Waals surface area contributed by atoms with Crippen molar-refractivity contribution in [3.05, 3.63) is 108 Å². The van der Waals surface area contributed by atoms with Gasteiger partial charge in [-0.2, -0.15) is 0 Å². The molecule has 2 N–H and O–H groups in total. The van der Waals surface area contributed by atoms with Crippen molar-refractivity contribution in [1.29, 1.82) is 0 Å². The Morgan fingerprint density at radius 1 is 0.939 bits per heavy atom. The summed E-state index contributed by atoms with van der Waals surface area (Å²) < 4.78 is 5.49. The molecule has 1 unspecified atom stereocenters. The van der Waals surface area contributed by atoms with Gasteiger partial charge in [0.05, 0.1) is 24.7 Å². The fraction of sp³-hybridized carbons (Fsp3) is 0.148. The van der Waals surface area contributed by atoms with Crippen LogP contribution in [0.3, 0.4) is 0 Å². The molecule has 6 nitrogen and oxygen atoms in total. The van der Waals surface area contributed by atoms with Gasteiger partial charge in [0.25, 0.3) is 0 Å². The fourth-order valence-corrected chi connectivity index (χ4v) is 3.66. The van der Waals surface area contributed by atoms with E-state index in [0.717, 1.165) is 16.7 Å². The minimum atomic E-state index is -0.944. The molecule has 0 fully saturated rings. The molecule has 0 spiro atoms. The fourth-order valence-electron chi connectivity index (χ4n) is 3.66. The summed E-state index contributed by atoms with van der Waals surface area (Å²) in [6.45, 7) is 0. The molecule has 0 amide bonds. The lowest BCUT2D eigenvalue weighted by molar-refractivity contribution is -0.137. The molecule has 0 saturated heterocycles. The van der Waals surface area contributed by atoms with Crippen molar-refractivity contribution in [3.63, 3.8) is 0 Å². The van der Waals surface area contributed by atoms with E-state index in [4.69, 9.17) is 9.72 Å². The minimum Gasteiger partial charge on any atom is -0.496 e. The van der Waals surface area contributed by atoms with Crippen molar-refractivity contribution in [3.8, 4) is 17.0 Å². The second-order valence-electron chi connectivity index (χ2n) is 7.64. The van der Waals surface area contributed by atoms with Gasteiger partial charge in [-0.3, -0.25) is 0 Å². The third kappa shape index (κ3) is 5.54. The maximum absolute atomic E-state index is 12.0. The van der Waals surface area contributed by atoms with Crippen LogP contribution in [0.5, 0.6) is 5.75 Å². The summed E-state index contributed by atoms with van der Waals surface area (Å²) in [5.41, 5.74) is 4.15. The summed E-state index contributed by atoms with van der Waals surface area (Å²) >= 11 is 0. The topological polar surface area (TPSA) is 84.3 Å². The number of carbonyl (C=O) groups is 1. The quantitative estimate of drug-likeness (QED) is 0.388. The molecule has 4 aromatic rings. The highest BCUT2D eigenvalue weighted by Crippen LogP contribution is 2.29. The summed E-state index contributed by atoms with van der Waals surface area (Å²) in [4.78, 5) is 21.5. The van der Waals surface area contributed by atoms with Gasteiger partial charge in [-0.15, -0.1) is 0 Å². The third-order valence-electron chi connectivity index (χ3n) is 5.33. The van der Waals surface area contributed by atoms with Gasteiger partial charge >= 0.3 is 5.97 Å². The Balaban J connectivity index is 1.70. The van der Waals surface area contributed by atoms with Crippen LogP contribution >= 0.6 is 0 Å². The second-order valence-corrected chi connectivity index (χ2v) is 7.64. The molecule has 3 aromatic carbocycles. The normalized spacial score (nSPS) is 11.5. The highest BCUT2D eigenvalue weighted by atomic mass is 16.5. The van der Waals surface area contributed by atoms with Gasteiger partial charge in [0.1, 0.15) is 17.6 Å². The number of hydrogen-bond donors (Lipinski definition) is 2. The molecule has 0 bridgehead atoms. The van der Waals surface area contributed by atoms with Crippen LogP contribution in [0.1, 0.15) is 16.8 Å². The van der Waals surface area contributed by atoms with E-state index >= 15 is 0 Å². The van der Waals surface area contributed by atoms with E-state index < -0.39 is 12.0 Å². The van der Waals surface area contributed by atoms with Crippen LogP contribution in [0.15, 0.2) is 91.1 Å². The Labute approximate surface area is 192 Å². The van der Waals surface area contributed by atoms with Crippen LogP contribution in [-0.4, -0.2) is 34.2 Å². The van der Waals surface area contributed by atoms with Crippen molar-refractivity contribution in [2.75, 3.05) is 12.4 Å². The lowest BCUT2D eigenvalue weighted by Crippen LogP contribution is -2.32. The molecule has 0 aliphatic heterocycles. The van der Waals surface area contributed by atoms with Gasteiger partial charge in [0, 0.05) is 18.4 Å². The summed E-state index contributed by atoms with van der Waals surface area (Å²) in [6, 6.07) is 26.2. The van der Waals surface area contributed by atoms with Gasteiger partial charge < -0.3 is 15.2 Å². The molecule has 4 rings (SSSR count). The molecule has 0 radical (unpaired) electrons. The van der Waals surface area contributed by atoms with Crippen molar-refractivity contribution in [2.45, 2.75) is 18.9 Å². The monoisotopic (exact) mass is 439 g/mol. The van der Waals surface area contributed by atoms with Gasteiger partial charge in [-0.1, -0.05) is 72.8 Å². The summed E-state index contributed by atoms with van der Waals surface area (Å²) in [5, 5.41) is 13.0. The highest BCUT2D eigenvalue weighted by molar-refractivity contribution is 5.78. The molecule has 1 heterocycles. The molecule has 166 valence electrons. The Bertz CT molecular complexity index is 1210. The summed E-state index contributed by atoms with van der Waals surface area (Å²) in [6.07, 6.45) is 2.49. The molecule has 0 aliphatic rings. The standard InChI is InChI=1S/C27H25N3O3/c1-33-25-15-9-8-14-21(25)24-18-28-26(22(29-24)16-19-10-4-2-5-11-19)30-23(27(31)32)17-20-12-6-3-7-13-20/h2-15,18,23H,16-17H2,1H3,(H,28,30)(H,31,32). The van der Waals surface area contributed by atoms with Crippen LogP contribution in [0.2, 0.25) is 0 Å². The van der Waals surface area contributed by atoms with Gasteiger partial charge in [-0.05, 0) is 23.3 Å². The number of rotatable bonds is 9. The molecule has 0 aliphatic carbocycles. The maximum atomic E-state index is 12.0. The molecular formula is C27H25N3O3. The van der Waals surface area contributed by atoms with Crippen LogP contribution in [0.4, 0.5) is 5.82 Å². The largest absolute Gasteiger partial charge is 0.496 e. The number of aromatic nitrogens is 2. The Hall–Kier alpha value is -4.19. The first-order valence-electron chi connectivity index (χ1n) is 10.7. The first-order valence-corrected chi connectivity index (χ1v) is 10.7. The average Bonchev–Trinajstić information content (AvgIpc) is 2.85. The van der Waals surface area contributed by atoms with Crippen LogP contribution in [-0.2, 0) is 17.6 Å². The number of ether oxygens (including phenoxy) is 1. The Morgan fingerprint density at radius 2 is 1.58 bits per heavy atom. The van der Waals surface area contributed by atoms with Crippen LogP contribution in [0, 0.1) is 0 Å².